The molecule has 2 aromatic carbocycles. The third kappa shape index (κ3) is 4.17. The molecular formula is C17H17Br2NO. The number of hydrogen-bond donors (Lipinski definition) is 1. The van der Waals surface area contributed by atoms with Crippen molar-refractivity contribution in [2.45, 2.75) is 26.2 Å². The van der Waals surface area contributed by atoms with Crippen LogP contribution in [0.25, 0.3) is 0 Å². The van der Waals surface area contributed by atoms with Gasteiger partial charge in [0.1, 0.15) is 0 Å². The number of rotatable bonds is 2. The molecule has 0 fully saturated rings. The summed E-state index contributed by atoms with van der Waals surface area (Å²) in [5, 5.41) is 2.89. The Morgan fingerprint density at radius 3 is 2.10 bits per heavy atom. The van der Waals surface area contributed by atoms with Gasteiger partial charge in [0.25, 0.3) is 5.91 Å². The monoisotopic (exact) mass is 409 g/mol. The quantitative estimate of drug-likeness (QED) is 0.669. The molecule has 0 aliphatic heterocycles. The van der Waals surface area contributed by atoms with E-state index in [1.54, 1.807) is 0 Å². The van der Waals surface area contributed by atoms with Gasteiger partial charge >= 0.3 is 0 Å². The lowest BCUT2D eigenvalue weighted by Crippen LogP contribution is -2.14. The lowest BCUT2D eigenvalue weighted by atomic mass is 9.87. The molecule has 4 heteroatoms. The standard InChI is InChI=1S/C17H17Br2NO/c1-17(2,3)12-6-4-11(5-7-12)16(21)20-13-8-9-14(18)15(19)10-13/h4-10H,1-3H3,(H,20,21). The molecule has 0 aliphatic carbocycles. The molecule has 0 unspecified atom stereocenters. The summed E-state index contributed by atoms with van der Waals surface area (Å²) in [4.78, 5) is 12.2. The molecule has 0 heterocycles. The maximum absolute atomic E-state index is 12.2. The van der Waals surface area contributed by atoms with Gasteiger partial charge in [-0.25, -0.2) is 0 Å². The fraction of sp³-hybridized carbons (Fsp3) is 0.235. The molecule has 1 N–H and O–H groups in total. The van der Waals surface area contributed by atoms with Crippen molar-refractivity contribution in [2.24, 2.45) is 0 Å². The van der Waals surface area contributed by atoms with Crippen LogP contribution in [0.3, 0.4) is 0 Å². The van der Waals surface area contributed by atoms with Crippen LogP contribution in [-0.4, -0.2) is 5.91 Å². The molecule has 21 heavy (non-hydrogen) atoms. The topological polar surface area (TPSA) is 29.1 Å². The number of carbonyl (C=O) groups is 1. The van der Waals surface area contributed by atoms with E-state index in [1.807, 2.05) is 42.5 Å². The van der Waals surface area contributed by atoms with Crippen molar-refractivity contribution in [3.05, 3.63) is 62.5 Å². The Labute approximate surface area is 142 Å². The lowest BCUT2D eigenvalue weighted by molar-refractivity contribution is 0.102. The van der Waals surface area contributed by atoms with Crippen LogP contribution in [0, 0.1) is 0 Å². The Morgan fingerprint density at radius 1 is 0.952 bits per heavy atom. The summed E-state index contributed by atoms with van der Waals surface area (Å²) in [7, 11) is 0. The first-order valence-corrected chi connectivity index (χ1v) is 8.23. The maximum atomic E-state index is 12.2. The largest absolute Gasteiger partial charge is 0.322 e. The van der Waals surface area contributed by atoms with Crippen molar-refractivity contribution >= 4 is 43.5 Å². The zero-order valence-electron chi connectivity index (χ0n) is 12.2. The van der Waals surface area contributed by atoms with Gasteiger partial charge in [0, 0.05) is 20.2 Å². The van der Waals surface area contributed by atoms with Crippen LogP contribution in [0.1, 0.15) is 36.7 Å². The molecule has 1 amide bonds. The number of anilines is 1. The van der Waals surface area contributed by atoms with E-state index in [9.17, 15) is 4.79 Å². The maximum Gasteiger partial charge on any atom is 0.255 e. The molecule has 0 bridgehead atoms. The molecular weight excluding hydrogens is 394 g/mol. The summed E-state index contributed by atoms with van der Waals surface area (Å²) >= 11 is 6.83. The van der Waals surface area contributed by atoms with Crippen molar-refractivity contribution in [1.29, 1.82) is 0 Å². The van der Waals surface area contributed by atoms with E-state index in [4.69, 9.17) is 0 Å². The summed E-state index contributed by atoms with van der Waals surface area (Å²) in [6.45, 7) is 6.46. The Balaban J connectivity index is 2.15. The normalized spacial score (nSPS) is 11.3. The number of benzene rings is 2. The highest BCUT2D eigenvalue weighted by atomic mass is 79.9. The van der Waals surface area contributed by atoms with Crippen LogP contribution >= 0.6 is 31.9 Å². The highest BCUT2D eigenvalue weighted by Gasteiger charge is 2.14. The molecule has 0 saturated carbocycles. The van der Waals surface area contributed by atoms with E-state index in [1.165, 1.54) is 5.56 Å². The second-order valence-electron chi connectivity index (χ2n) is 5.91. The molecule has 0 spiro atoms. The molecule has 0 radical (unpaired) electrons. The van der Waals surface area contributed by atoms with Gasteiger partial charge in [0.15, 0.2) is 0 Å². The first-order chi connectivity index (χ1) is 9.77. The first-order valence-electron chi connectivity index (χ1n) is 6.64. The number of nitrogens with one attached hydrogen (secondary N) is 1. The molecule has 2 aromatic rings. The highest BCUT2D eigenvalue weighted by Crippen LogP contribution is 2.26. The number of carbonyl (C=O) groups excluding carboxylic acids is 1. The van der Waals surface area contributed by atoms with Gasteiger partial charge in [-0.2, -0.15) is 0 Å². The SMILES string of the molecule is CC(C)(C)c1ccc(C(=O)Nc2ccc(Br)c(Br)c2)cc1. The average molecular weight is 411 g/mol. The van der Waals surface area contributed by atoms with Gasteiger partial charge in [-0.05, 0) is 73.2 Å². The minimum atomic E-state index is -0.107. The third-order valence-corrected chi connectivity index (χ3v) is 5.07. The zero-order chi connectivity index (χ0) is 15.6. The van der Waals surface area contributed by atoms with Gasteiger partial charge in [0.2, 0.25) is 0 Å². The van der Waals surface area contributed by atoms with Gasteiger partial charge in [-0.1, -0.05) is 32.9 Å². The fourth-order valence-electron chi connectivity index (χ4n) is 1.90. The van der Waals surface area contributed by atoms with Crippen LogP contribution in [0.2, 0.25) is 0 Å². The Kier molecular flexibility index (Phi) is 4.89. The van der Waals surface area contributed by atoms with E-state index in [-0.39, 0.29) is 11.3 Å². The van der Waals surface area contributed by atoms with Crippen molar-refractivity contribution < 1.29 is 4.79 Å². The molecule has 0 atom stereocenters. The molecule has 110 valence electrons. The second-order valence-corrected chi connectivity index (χ2v) is 7.62. The van der Waals surface area contributed by atoms with E-state index in [0.29, 0.717) is 5.56 Å². The minimum Gasteiger partial charge on any atom is -0.322 e. The number of amides is 1. The second kappa shape index (κ2) is 6.32. The van der Waals surface area contributed by atoms with Gasteiger partial charge in [-0.3, -0.25) is 4.79 Å². The predicted molar refractivity (Wildman–Crippen MR) is 94.9 cm³/mol. The first kappa shape index (κ1) is 16.2. The van der Waals surface area contributed by atoms with Crippen LogP contribution in [0.15, 0.2) is 51.4 Å². The molecule has 0 aromatic heterocycles. The summed E-state index contributed by atoms with van der Waals surface area (Å²) < 4.78 is 1.86. The molecule has 0 saturated heterocycles. The summed E-state index contributed by atoms with van der Waals surface area (Å²) in [6, 6.07) is 13.4. The Bertz CT molecular complexity index is 657. The van der Waals surface area contributed by atoms with Crippen LogP contribution in [-0.2, 0) is 5.41 Å². The van der Waals surface area contributed by atoms with Gasteiger partial charge in [-0.15, -0.1) is 0 Å². The van der Waals surface area contributed by atoms with E-state index in [0.717, 1.165) is 14.6 Å². The number of halogens is 2. The fourth-order valence-corrected chi connectivity index (χ4v) is 2.52. The van der Waals surface area contributed by atoms with Crippen LogP contribution < -0.4 is 5.32 Å². The summed E-state index contributed by atoms with van der Waals surface area (Å²) in [5.41, 5.74) is 2.72. The van der Waals surface area contributed by atoms with Crippen molar-refractivity contribution in [3.63, 3.8) is 0 Å². The predicted octanol–water partition coefficient (Wildman–Crippen LogP) is 5.76. The van der Waals surface area contributed by atoms with Crippen molar-refractivity contribution in [1.82, 2.24) is 0 Å². The van der Waals surface area contributed by atoms with Crippen LogP contribution in [0.5, 0.6) is 0 Å². The van der Waals surface area contributed by atoms with Crippen LogP contribution in [0.4, 0.5) is 5.69 Å². The van der Waals surface area contributed by atoms with Gasteiger partial charge in [0.05, 0.1) is 0 Å². The van der Waals surface area contributed by atoms with Crippen molar-refractivity contribution in [3.8, 4) is 0 Å². The molecule has 0 aliphatic rings. The van der Waals surface area contributed by atoms with E-state index in [2.05, 4.69) is 57.9 Å². The molecule has 2 rings (SSSR count). The smallest absolute Gasteiger partial charge is 0.255 e. The Hall–Kier alpha value is -1.13. The van der Waals surface area contributed by atoms with Crippen molar-refractivity contribution in [2.75, 3.05) is 5.32 Å². The molecule has 2 nitrogen and oxygen atoms in total. The summed E-state index contributed by atoms with van der Waals surface area (Å²) in [6.07, 6.45) is 0. The average Bonchev–Trinajstić information content (AvgIpc) is 2.42. The number of hydrogen-bond acceptors (Lipinski definition) is 1. The third-order valence-electron chi connectivity index (χ3n) is 3.19. The van der Waals surface area contributed by atoms with Gasteiger partial charge < -0.3 is 5.32 Å². The van der Waals surface area contributed by atoms with E-state index < -0.39 is 0 Å². The lowest BCUT2D eigenvalue weighted by Gasteiger charge is -2.19. The minimum absolute atomic E-state index is 0.0889. The Morgan fingerprint density at radius 2 is 1.57 bits per heavy atom. The summed E-state index contributed by atoms with van der Waals surface area (Å²) in [5.74, 6) is -0.107. The zero-order valence-corrected chi connectivity index (χ0v) is 15.4. The van der Waals surface area contributed by atoms with E-state index >= 15 is 0 Å². The highest BCUT2D eigenvalue weighted by molar-refractivity contribution is 9.13.